The minimum Gasteiger partial charge on any atom is -0.480 e. The molecule has 0 bridgehead atoms. The second-order valence-electron chi connectivity index (χ2n) is 10.7. The molecule has 2 N–H and O–H groups in total. The summed E-state index contributed by atoms with van der Waals surface area (Å²) in [6.07, 6.45) is 1.60. The summed E-state index contributed by atoms with van der Waals surface area (Å²) in [5.74, 6) is 0.455. The third kappa shape index (κ3) is 10.3. The van der Waals surface area contributed by atoms with E-state index in [0.717, 1.165) is 24.9 Å². The van der Waals surface area contributed by atoms with Gasteiger partial charge in [-0.2, -0.15) is 11.8 Å². The van der Waals surface area contributed by atoms with Crippen LogP contribution in [0.4, 0.5) is 10.5 Å². The number of carboxylic acids is 1. The lowest BCUT2D eigenvalue weighted by Gasteiger charge is -2.30. The van der Waals surface area contributed by atoms with E-state index in [-0.39, 0.29) is 5.75 Å². The van der Waals surface area contributed by atoms with Gasteiger partial charge >= 0.3 is 12.1 Å². The van der Waals surface area contributed by atoms with Gasteiger partial charge in [0, 0.05) is 29.8 Å². The first-order valence-electron chi connectivity index (χ1n) is 13.2. The number of hydrogen-bond acceptors (Lipinski definition) is 5. The molecule has 0 aliphatic heterocycles. The average Bonchev–Trinajstić information content (AvgIpc) is 2.82. The normalized spacial score (nSPS) is 12.5. The van der Waals surface area contributed by atoms with Crippen molar-refractivity contribution in [3.05, 3.63) is 65.2 Å². The van der Waals surface area contributed by atoms with Gasteiger partial charge in [-0.15, -0.1) is 0 Å². The van der Waals surface area contributed by atoms with E-state index in [4.69, 9.17) is 4.74 Å². The van der Waals surface area contributed by atoms with E-state index in [2.05, 4.69) is 86.4 Å². The van der Waals surface area contributed by atoms with E-state index in [1.807, 2.05) is 0 Å². The van der Waals surface area contributed by atoms with E-state index in [0.29, 0.717) is 17.7 Å². The number of thioether (sulfide) groups is 1. The SMILES string of the molecule is CCC(CC)c1ccc(N(Cc2ccc(CSCC(NC(=O)OC(C)(C)C)C(=O)O)cc2)C(C)C)cc1. The van der Waals surface area contributed by atoms with Crippen molar-refractivity contribution >= 4 is 29.5 Å². The van der Waals surface area contributed by atoms with Gasteiger partial charge in [0.25, 0.3) is 0 Å². The molecule has 1 amide bonds. The van der Waals surface area contributed by atoms with Crippen molar-refractivity contribution in [2.24, 2.45) is 0 Å². The van der Waals surface area contributed by atoms with Crippen LogP contribution in [0.5, 0.6) is 0 Å². The Labute approximate surface area is 227 Å². The summed E-state index contributed by atoms with van der Waals surface area (Å²) in [6.45, 7) is 15.0. The molecule has 0 heterocycles. The Kier molecular flexibility index (Phi) is 11.8. The molecule has 0 aliphatic carbocycles. The molecule has 1 unspecified atom stereocenters. The number of nitrogens with zero attached hydrogens (tertiary/aromatic N) is 1. The highest BCUT2D eigenvalue weighted by Crippen LogP contribution is 2.27. The number of ether oxygens (including phenoxy) is 1. The molecule has 0 saturated heterocycles. The number of nitrogens with one attached hydrogen (secondary N) is 1. The maximum Gasteiger partial charge on any atom is 0.408 e. The molecule has 6 nitrogen and oxygen atoms in total. The van der Waals surface area contributed by atoms with Gasteiger partial charge in [0.05, 0.1) is 0 Å². The molecule has 0 spiro atoms. The fourth-order valence-corrected chi connectivity index (χ4v) is 5.13. The molecule has 0 radical (unpaired) electrons. The summed E-state index contributed by atoms with van der Waals surface area (Å²) in [5.41, 5.74) is 4.29. The van der Waals surface area contributed by atoms with Crippen LogP contribution in [0.15, 0.2) is 48.5 Å². The summed E-state index contributed by atoms with van der Waals surface area (Å²) in [4.78, 5) is 25.9. The van der Waals surface area contributed by atoms with Crippen molar-refractivity contribution < 1.29 is 19.4 Å². The van der Waals surface area contributed by atoms with Crippen molar-refractivity contribution in [1.82, 2.24) is 5.32 Å². The number of carbonyl (C=O) groups is 2. The lowest BCUT2D eigenvalue weighted by molar-refractivity contribution is -0.138. The molecular formula is C30H44N2O4S. The van der Waals surface area contributed by atoms with Crippen LogP contribution >= 0.6 is 11.8 Å². The second-order valence-corrected chi connectivity index (χ2v) is 11.7. The fraction of sp³-hybridized carbons (Fsp3) is 0.533. The van der Waals surface area contributed by atoms with E-state index in [1.54, 1.807) is 20.8 Å². The average molecular weight is 529 g/mol. The quantitative estimate of drug-likeness (QED) is 0.286. The number of anilines is 1. The zero-order valence-corrected chi connectivity index (χ0v) is 24.2. The highest BCUT2D eigenvalue weighted by Gasteiger charge is 2.24. The van der Waals surface area contributed by atoms with Crippen molar-refractivity contribution in [2.45, 2.75) is 97.2 Å². The predicted octanol–water partition coefficient (Wildman–Crippen LogP) is 7.22. The molecular weight excluding hydrogens is 484 g/mol. The maximum absolute atomic E-state index is 11.9. The highest BCUT2D eigenvalue weighted by atomic mass is 32.2. The van der Waals surface area contributed by atoms with Crippen molar-refractivity contribution in [1.29, 1.82) is 0 Å². The zero-order chi connectivity index (χ0) is 27.6. The van der Waals surface area contributed by atoms with Crippen molar-refractivity contribution in [2.75, 3.05) is 10.7 Å². The molecule has 0 fully saturated rings. The highest BCUT2D eigenvalue weighted by molar-refractivity contribution is 7.98. The summed E-state index contributed by atoms with van der Waals surface area (Å²) in [6, 6.07) is 16.8. The molecule has 2 aromatic carbocycles. The molecule has 204 valence electrons. The van der Waals surface area contributed by atoms with Crippen LogP contribution in [-0.2, 0) is 21.8 Å². The zero-order valence-electron chi connectivity index (χ0n) is 23.4. The van der Waals surface area contributed by atoms with E-state index < -0.39 is 23.7 Å². The van der Waals surface area contributed by atoms with Gasteiger partial charge in [-0.3, -0.25) is 0 Å². The van der Waals surface area contributed by atoms with Crippen LogP contribution in [-0.4, -0.2) is 40.6 Å². The molecule has 2 rings (SSSR count). The predicted molar refractivity (Wildman–Crippen MR) is 154 cm³/mol. The molecule has 7 heteroatoms. The standard InChI is InChI=1S/C30H44N2O4S/c1-8-24(9-2)25-14-16-26(17-15-25)32(21(3)4)18-22-10-12-23(13-11-22)19-37-20-27(28(33)34)31-29(35)36-30(5,6)7/h10-17,21,24,27H,8-9,18-20H2,1-7H3,(H,31,35)(H,33,34). The van der Waals surface area contributed by atoms with E-state index in [1.165, 1.54) is 28.6 Å². The molecule has 0 saturated carbocycles. The summed E-state index contributed by atoms with van der Waals surface area (Å²) < 4.78 is 5.18. The minimum absolute atomic E-state index is 0.254. The monoisotopic (exact) mass is 528 g/mol. The molecule has 0 aromatic heterocycles. The van der Waals surface area contributed by atoms with Crippen LogP contribution in [0, 0.1) is 0 Å². The molecule has 2 aromatic rings. The fourth-order valence-electron chi connectivity index (χ4n) is 4.13. The van der Waals surface area contributed by atoms with Gasteiger partial charge in [0.2, 0.25) is 0 Å². The number of aliphatic carboxylic acids is 1. The smallest absolute Gasteiger partial charge is 0.408 e. The number of hydrogen-bond donors (Lipinski definition) is 2. The molecule has 1 atom stereocenters. The number of carboxylic acid groups (broad SMARTS) is 1. The number of benzene rings is 2. The Morgan fingerprint density at radius 2 is 1.54 bits per heavy atom. The summed E-state index contributed by atoms with van der Waals surface area (Å²) in [7, 11) is 0. The first-order valence-corrected chi connectivity index (χ1v) is 14.3. The van der Waals surface area contributed by atoms with Gasteiger partial charge in [-0.25, -0.2) is 9.59 Å². The maximum atomic E-state index is 11.9. The van der Waals surface area contributed by atoms with Gasteiger partial charge < -0.3 is 20.1 Å². The first kappa shape index (κ1) is 30.6. The van der Waals surface area contributed by atoms with Crippen LogP contribution in [0.1, 0.15) is 83.9 Å². The Bertz CT molecular complexity index is 980. The van der Waals surface area contributed by atoms with Gasteiger partial charge in [0.15, 0.2) is 0 Å². The number of alkyl carbamates (subject to hydrolysis) is 1. The Morgan fingerprint density at radius 3 is 2.03 bits per heavy atom. The second kappa shape index (κ2) is 14.3. The summed E-state index contributed by atoms with van der Waals surface area (Å²) >= 11 is 1.47. The van der Waals surface area contributed by atoms with Gasteiger partial charge in [-0.1, -0.05) is 50.2 Å². The minimum atomic E-state index is -1.07. The first-order chi connectivity index (χ1) is 17.4. The molecule has 37 heavy (non-hydrogen) atoms. The van der Waals surface area contributed by atoms with Crippen LogP contribution < -0.4 is 10.2 Å². The van der Waals surface area contributed by atoms with E-state index >= 15 is 0 Å². The Morgan fingerprint density at radius 1 is 0.973 bits per heavy atom. The van der Waals surface area contributed by atoms with Crippen LogP contribution in [0.3, 0.4) is 0 Å². The lowest BCUT2D eigenvalue weighted by atomic mass is 9.94. The third-order valence-electron chi connectivity index (χ3n) is 6.22. The molecule has 0 aliphatic rings. The van der Waals surface area contributed by atoms with E-state index in [9.17, 15) is 14.7 Å². The van der Waals surface area contributed by atoms with Crippen molar-refractivity contribution in [3.63, 3.8) is 0 Å². The van der Waals surface area contributed by atoms with Crippen molar-refractivity contribution in [3.8, 4) is 0 Å². The number of amides is 1. The van der Waals surface area contributed by atoms with Gasteiger partial charge in [0.1, 0.15) is 11.6 Å². The summed E-state index contributed by atoms with van der Waals surface area (Å²) in [5, 5.41) is 11.9. The van der Waals surface area contributed by atoms with Crippen LogP contribution in [0.2, 0.25) is 0 Å². The van der Waals surface area contributed by atoms with Gasteiger partial charge in [-0.05, 0) is 82.2 Å². The number of carbonyl (C=O) groups excluding carboxylic acids is 1. The van der Waals surface area contributed by atoms with Crippen LogP contribution in [0.25, 0.3) is 0 Å². The topological polar surface area (TPSA) is 78.9 Å². The largest absolute Gasteiger partial charge is 0.480 e. The third-order valence-corrected chi connectivity index (χ3v) is 7.33. The Balaban J connectivity index is 1.95. The number of rotatable bonds is 13. The lowest BCUT2D eigenvalue weighted by Crippen LogP contribution is -2.44. The Hall–Kier alpha value is -2.67.